The van der Waals surface area contributed by atoms with Gasteiger partial charge < -0.3 is 10.4 Å². The predicted molar refractivity (Wildman–Crippen MR) is 79.1 cm³/mol. The van der Waals surface area contributed by atoms with Crippen molar-refractivity contribution in [3.05, 3.63) is 66.0 Å². The fourth-order valence-electron chi connectivity index (χ4n) is 3.01. The predicted octanol–water partition coefficient (Wildman–Crippen LogP) is 1.91. The average Bonchev–Trinajstić information content (AvgIpc) is 2.56. The van der Waals surface area contributed by atoms with Gasteiger partial charge in [-0.25, -0.2) is 4.79 Å². The largest absolute Gasteiger partial charge is 0.465 e. The molecule has 1 saturated heterocycles. The maximum absolute atomic E-state index is 11.8. The molecular formula is C16H17N3O2. The third kappa shape index (κ3) is 2.25. The summed E-state index contributed by atoms with van der Waals surface area (Å²) in [4.78, 5) is 17.5. The fraction of sp³-hybridized carbons (Fsp3) is 0.250. The molecule has 0 bridgehead atoms. The van der Waals surface area contributed by atoms with Gasteiger partial charge in [0.05, 0.1) is 0 Å². The van der Waals surface area contributed by atoms with Gasteiger partial charge in [-0.05, 0) is 11.6 Å². The molecule has 2 aromatic rings. The van der Waals surface area contributed by atoms with Crippen LogP contribution in [0.4, 0.5) is 4.79 Å². The summed E-state index contributed by atoms with van der Waals surface area (Å²) in [5.41, 5.74) is 1.10. The molecule has 0 spiro atoms. The number of amides is 1. The normalized spacial score (nSPS) is 22.0. The number of hydrogen-bond donors (Lipinski definition) is 2. The highest BCUT2D eigenvalue weighted by Crippen LogP contribution is 2.36. The molecule has 0 aliphatic carbocycles. The molecule has 5 nitrogen and oxygen atoms in total. The van der Waals surface area contributed by atoms with Crippen LogP contribution in [0.25, 0.3) is 0 Å². The molecule has 2 heterocycles. The van der Waals surface area contributed by atoms with Crippen molar-refractivity contribution in [2.45, 2.75) is 5.54 Å². The van der Waals surface area contributed by atoms with E-state index >= 15 is 0 Å². The zero-order chi connectivity index (χ0) is 14.7. The highest BCUT2D eigenvalue weighted by atomic mass is 16.4. The average molecular weight is 283 g/mol. The summed E-state index contributed by atoms with van der Waals surface area (Å²) in [7, 11) is 0. The number of piperazine rings is 1. The third-order valence-corrected chi connectivity index (χ3v) is 3.98. The van der Waals surface area contributed by atoms with Gasteiger partial charge >= 0.3 is 6.09 Å². The molecule has 2 N–H and O–H groups in total. The van der Waals surface area contributed by atoms with Crippen molar-refractivity contribution in [3.63, 3.8) is 0 Å². The first-order valence-electron chi connectivity index (χ1n) is 6.92. The Bertz CT molecular complexity index is 576. The minimum atomic E-state index is -0.913. The second-order valence-electron chi connectivity index (χ2n) is 5.08. The molecule has 1 aliphatic heterocycles. The van der Waals surface area contributed by atoms with Gasteiger partial charge in [0.15, 0.2) is 0 Å². The van der Waals surface area contributed by atoms with Crippen LogP contribution in [0.5, 0.6) is 0 Å². The second kappa shape index (κ2) is 5.54. The van der Waals surface area contributed by atoms with Gasteiger partial charge in [-0.3, -0.25) is 9.88 Å². The van der Waals surface area contributed by atoms with E-state index in [9.17, 15) is 9.90 Å². The van der Waals surface area contributed by atoms with Gasteiger partial charge in [0.1, 0.15) is 5.54 Å². The third-order valence-electron chi connectivity index (χ3n) is 3.98. The van der Waals surface area contributed by atoms with E-state index in [0.29, 0.717) is 19.6 Å². The van der Waals surface area contributed by atoms with E-state index in [2.05, 4.69) is 10.3 Å². The number of carbonyl (C=O) groups is 1. The van der Waals surface area contributed by atoms with Crippen LogP contribution in [0.15, 0.2) is 54.9 Å². The molecule has 1 unspecified atom stereocenters. The molecule has 1 amide bonds. The maximum atomic E-state index is 11.8. The van der Waals surface area contributed by atoms with Crippen LogP contribution in [0.1, 0.15) is 11.1 Å². The number of carboxylic acid groups (broad SMARTS) is 1. The second-order valence-corrected chi connectivity index (χ2v) is 5.08. The lowest BCUT2D eigenvalue weighted by atomic mass is 9.80. The van der Waals surface area contributed by atoms with Gasteiger partial charge in [-0.2, -0.15) is 0 Å². The molecule has 1 aromatic carbocycles. The zero-order valence-corrected chi connectivity index (χ0v) is 11.6. The number of hydrogen-bond acceptors (Lipinski definition) is 3. The van der Waals surface area contributed by atoms with Crippen LogP contribution >= 0.6 is 0 Å². The molecule has 0 radical (unpaired) electrons. The summed E-state index contributed by atoms with van der Waals surface area (Å²) in [5.74, 6) is 0. The maximum Gasteiger partial charge on any atom is 0.408 e. The van der Waals surface area contributed by atoms with Crippen molar-refractivity contribution >= 4 is 6.09 Å². The fourth-order valence-corrected chi connectivity index (χ4v) is 3.01. The Hall–Kier alpha value is -2.40. The lowest BCUT2D eigenvalue weighted by Crippen LogP contribution is -2.61. The molecule has 3 rings (SSSR count). The van der Waals surface area contributed by atoms with Crippen molar-refractivity contribution in [2.75, 3.05) is 19.6 Å². The monoisotopic (exact) mass is 283 g/mol. The van der Waals surface area contributed by atoms with E-state index in [0.717, 1.165) is 11.1 Å². The Morgan fingerprint density at radius 2 is 1.95 bits per heavy atom. The van der Waals surface area contributed by atoms with Crippen LogP contribution in [-0.2, 0) is 5.54 Å². The van der Waals surface area contributed by atoms with Crippen LogP contribution < -0.4 is 5.32 Å². The van der Waals surface area contributed by atoms with E-state index in [-0.39, 0.29) is 0 Å². The minimum absolute atomic E-state index is 0.444. The van der Waals surface area contributed by atoms with Crippen LogP contribution in [0.2, 0.25) is 0 Å². The van der Waals surface area contributed by atoms with Crippen LogP contribution in [-0.4, -0.2) is 40.7 Å². The lowest BCUT2D eigenvalue weighted by Gasteiger charge is -2.46. The Morgan fingerprint density at radius 1 is 1.19 bits per heavy atom. The van der Waals surface area contributed by atoms with Crippen LogP contribution in [0, 0.1) is 0 Å². The standard InChI is InChI=1S/C16H17N3O2/c20-15(21)19-10-9-18-12-16(19,13-5-2-1-3-6-13)14-7-4-8-17-11-14/h1-8,11,18H,9-10,12H2,(H,20,21). The highest BCUT2D eigenvalue weighted by molar-refractivity contribution is 5.68. The lowest BCUT2D eigenvalue weighted by molar-refractivity contribution is 0.0763. The van der Waals surface area contributed by atoms with Crippen molar-refractivity contribution in [2.24, 2.45) is 0 Å². The number of nitrogens with zero attached hydrogens (tertiary/aromatic N) is 2. The molecule has 1 atom stereocenters. The molecule has 5 heteroatoms. The van der Waals surface area contributed by atoms with Crippen molar-refractivity contribution in [3.8, 4) is 0 Å². The molecule has 21 heavy (non-hydrogen) atoms. The molecule has 108 valence electrons. The summed E-state index contributed by atoms with van der Waals surface area (Å²) in [5, 5.41) is 13.0. The van der Waals surface area contributed by atoms with Crippen LogP contribution in [0.3, 0.4) is 0 Å². The summed E-state index contributed by atoms with van der Waals surface area (Å²) in [6.07, 6.45) is 2.53. The van der Waals surface area contributed by atoms with E-state index in [4.69, 9.17) is 0 Å². The number of nitrogens with one attached hydrogen (secondary N) is 1. The Balaban J connectivity index is 2.21. The van der Waals surface area contributed by atoms with Crippen molar-refractivity contribution in [1.82, 2.24) is 15.2 Å². The van der Waals surface area contributed by atoms with Gasteiger partial charge in [0.2, 0.25) is 0 Å². The first-order valence-corrected chi connectivity index (χ1v) is 6.92. The summed E-state index contributed by atoms with van der Waals surface area (Å²) < 4.78 is 0. The van der Waals surface area contributed by atoms with Gasteiger partial charge in [0, 0.05) is 37.6 Å². The molecular weight excluding hydrogens is 266 g/mol. The highest BCUT2D eigenvalue weighted by Gasteiger charge is 2.45. The van der Waals surface area contributed by atoms with Gasteiger partial charge in [0.25, 0.3) is 0 Å². The first-order chi connectivity index (χ1) is 10.2. The number of rotatable bonds is 2. The zero-order valence-electron chi connectivity index (χ0n) is 11.6. The Labute approximate surface area is 123 Å². The number of aromatic nitrogens is 1. The molecule has 1 aromatic heterocycles. The van der Waals surface area contributed by atoms with Crippen molar-refractivity contribution in [1.29, 1.82) is 0 Å². The first kappa shape index (κ1) is 13.6. The number of pyridine rings is 1. The minimum Gasteiger partial charge on any atom is -0.465 e. The quantitative estimate of drug-likeness (QED) is 0.883. The molecule has 1 aliphatic rings. The summed E-state index contributed by atoms with van der Waals surface area (Å²) >= 11 is 0. The molecule has 1 fully saturated rings. The molecule has 0 saturated carbocycles. The topological polar surface area (TPSA) is 65.5 Å². The summed E-state index contributed by atoms with van der Waals surface area (Å²) in [6, 6.07) is 13.5. The van der Waals surface area contributed by atoms with E-state index < -0.39 is 11.6 Å². The van der Waals surface area contributed by atoms with E-state index in [1.54, 1.807) is 12.4 Å². The SMILES string of the molecule is O=C(O)N1CCNCC1(c1ccccc1)c1cccnc1. The van der Waals surface area contributed by atoms with Crippen molar-refractivity contribution < 1.29 is 9.90 Å². The number of benzene rings is 1. The Kier molecular flexibility index (Phi) is 3.58. The van der Waals surface area contributed by atoms with E-state index in [1.807, 2.05) is 42.5 Å². The Morgan fingerprint density at radius 3 is 2.62 bits per heavy atom. The van der Waals surface area contributed by atoms with E-state index in [1.165, 1.54) is 4.90 Å². The van der Waals surface area contributed by atoms with Gasteiger partial charge in [-0.1, -0.05) is 36.4 Å². The smallest absolute Gasteiger partial charge is 0.408 e. The summed E-state index contributed by atoms with van der Waals surface area (Å²) in [6.45, 7) is 1.63. The van der Waals surface area contributed by atoms with Gasteiger partial charge in [-0.15, -0.1) is 0 Å².